The topological polar surface area (TPSA) is 32.3 Å². The molecule has 1 aromatic carbocycles. The van der Waals surface area contributed by atoms with Gasteiger partial charge >= 0.3 is 0 Å². The Morgan fingerprint density at radius 2 is 2.05 bits per heavy atom. The Morgan fingerprint density at radius 1 is 1.29 bits per heavy atom. The van der Waals surface area contributed by atoms with E-state index in [2.05, 4.69) is 5.32 Å². The van der Waals surface area contributed by atoms with Crippen molar-refractivity contribution < 1.29 is 4.79 Å². The summed E-state index contributed by atoms with van der Waals surface area (Å²) < 4.78 is 0.761. The molecule has 6 heteroatoms. The number of carbonyl (C=O) groups is 1. The van der Waals surface area contributed by atoms with Crippen molar-refractivity contribution in [3.05, 3.63) is 50.1 Å². The minimum absolute atomic E-state index is 0.0643. The van der Waals surface area contributed by atoms with Crippen LogP contribution in [0.25, 0.3) is 0 Å². The second-order valence-corrected chi connectivity index (χ2v) is 7.05. The fraction of sp³-hybridized carbons (Fsp3) is 0.267. The molecule has 0 unspecified atom stereocenters. The van der Waals surface area contributed by atoms with Crippen LogP contribution in [0.5, 0.6) is 0 Å². The molecule has 0 saturated heterocycles. The van der Waals surface area contributed by atoms with Crippen molar-refractivity contribution in [2.75, 3.05) is 18.9 Å². The number of likely N-dealkylation sites (N-methyl/N-ethyl adjacent to an activating group) is 1. The third-order valence-corrected chi connectivity index (χ3v) is 4.64. The molecule has 0 aliphatic carbocycles. The summed E-state index contributed by atoms with van der Waals surface area (Å²) in [5, 5.41) is 3.53. The second-order valence-electron chi connectivity index (χ2n) is 4.84. The van der Waals surface area contributed by atoms with Gasteiger partial charge in [0.25, 0.3) is 0 Å². The smallest absolute Gasteiger partial charge is 0.238 e. The largest absolute Gasteiger partial charge is 0.325 e. The van der Waals surface area contributed by atoms with Gasteiger partial charge < -0.3 is 5.32 Å². The normalized spacial score (nSPS) is 10.9. The van der Waals surface area contributed by atoms with Crippen LogP contribution in [0.3, 0.4) is 0 Å². The highest BCUT2D eigenvalue weighted by molar-refractivity contribution is 7.16. The van der Waals surface area contributed by atoms with E-state index in [4.69, 9.17) is 23.2 Å². The number of nitrogens with zero attached hydrogens (tertiary/aromatic N) is 1. The van der Waals surface area contributed by atoms with Gasteiger partial charge in [-0.2, -0.15) is 0 Å². The van der Waals surface area contributed by atoms with E-state index >= 15 is 0 Å². The molecule has 0 spiro atoms. The van der Waals surface area contributed by atoms with Gasteiger partial charge in [0.05, 0.1) is 10.9 Å². The summed E-state index contributed by atoms with van der Waals surface area (Å²) in [4.78, 5) is 15.1. The molecule has 0 saturated carbocycles. The minimum Gasteiger partial charge on any atom is -0.325 e. The number of hydrogen-bond donors (Lipinski definition) is 1. The maximum Gasteiger partial charge on any atom is 0.238 e. The third-order valence-electron chi connectivity index (χ3n) is 3.01. The lowest BCUT2D eigenvalue weighted by atomic mass is 10.2. The van der Waals surface area contributed by atoms with Crippen LogP contribution in [-0.4, -0.2) is 24.4 Å². The monoisotopic (exact) mass is 342 g/mol. The fourth-order valence-corrected chi connectivity index (χ4v) is 3.28. The van der Waals surface area contributed by atoms with Crippen LogP contribution in [0.15, 0.2) is 30.3 Å². The van der Waals surface area contributed by atoms with Crippen molar-refractivity contribution in [1.29, 1.82) is 0 Å². The molecule has 21 heavy (non-hydrogen) atoms. The first kappa shape index (κ1) is 16.3. The van der Waals surface area contributed by atoms with E-state index < -0.39 is 0 Å². The number of carbonyl (C=O) groups excluding carboxylic acids is 1. The highest BCUT2D eigenvalue weighted by Crippen LogP contribution is 2.23. The van der Waals surface area contributed by atoms with Crippen molar-refractivity contribution in [3.63, 3.8) is 0 Å². The van der Waals surface area contributed by atoms with E-state index in [0.717, 1.165) is 20.5 Å². The quantitative estimate of drug-likeness (QED) is 0.871. The number of halogens is 2. The zero-order chi connectivity index (χ0) is 15.4. The fourth-order valence-electron chi connectivity index (χ4n) is 1.94. The van der Waals surface area contributed by atoms with Crippen molar-refractivity contribution in [2.45, 2.75) is 13.5 Å². The molecular weight excluding hydrogens is 327 g/mol. The van der Waals surface area contributed by atoms with E-state index in [9.17, 15) is 4.79 Å². The Balaban J connectivity index is 1.90. The molecule has 0 radical (unpaired) electrons. The maximum absolute atomic E-state index is 12.1. The van der Waals surface area contributed by atoms with Crippen LogP contribution in [0, 0.1) is 6.92 Å². The first-order valence-corrected chi connectivity index (χ1v) is 8.00. The zero-order valence-electron chi connectivity index (χ0n) is 11.8. The number of thiophene rings is 1. The predicted octanol–water partition coefficient (Wildman–Crippen LogP) is 4.43. The van der Waals surface area contributed by atoms with Crippen LogP contribution < -0.4 is 5.32 Å². The van der Waals surface area contributed by atoms with Crippen LogP contribution >= 0.6 is 34.5 Å². The van der Waals surface area contributed by atoms with Gasteiger partial charge in [0, 0.05) is 22.1 Å². The Labute approximate surface area is 138 Å². The van der Waals surface area contributed by atoms with Crippen molar-refractivity contribution in [1.82, 2.24) is 4.90 Å². The molecule has 0 aliphatic rings. The molecule has 1 aromatic heterocycles. The van der Waals surface area contributed by atoms with Crippen LogP contribution in [0.1, 0.15) is 10.4 Å². The molecule has 1 heterocycles. The number of amides is 1. The van der Waals surface area contributed by atoms with Crippen LogP contribution in [-0.2, 0) is 11.3 Å². The summed E-state index contributed by atoms with van der Waals surface area (Å²) in [6.45, 7) is 2.89. The molecular formula is C15H16Cl2N2OS. The average molecular weight is 343 g/mol. The highest BCUT2D eigenvalue weighted by Gasteiger charge is 2.10. The van der Waals surface area contributed by atoms with Crippen molar-refractivity contribution >= 4 is 46.1 Å². The Hall–Kier alpha value is -1.07. The third kappa shape index (κ3) is 4.71. The summed E-state index contributed by atoms with van der Waals surface area (Å²) in [5.74, 6) is -0.0643. The van der Waals surface area contributed by atoms with E-state index in [-0.39, 0.29) is 5.91 Å². The van der Waals surface area contributed by atoms with Gasteiger partial charge in [-0.15, -0.1) is 11.3 Å². The second kappa shape index (κ2) is 7.27. The number of rotatable bonds is 5. The summed E-state index contributed by atoms with van der Waals surface area (Å²) in [6, 6.07) is 9.31. The molecule has 0 aliphatic heterocycles. The molecule has 1 amide bonds. The van der Waals surface area contributed by atoms with Gasteiger partial charge in [-0.3, -0.25) is 9.69 Å². The molecule has 112 valence electrons. The molecule has 0 fully saturated rings. The number of nitrogens with one attached hydrogen (secondary N) is 1. The Kier molecular flexibility index (Phi) is 5.65. The molecule has 2 aromatic rings. The van der Waals surface area contributed by atoms with Gasteiger partial charge in [-0.1, -0.05) is 29.3 Å². The lowest BCUT2D eigenvalue weighted by molar-refractivity contribution is -0.117. The Morgan fingerprint density at radius 3 is 2.71 bits per heavy atom. The maximum atomic E-state index is 12.1. The molecule has 3 nitrogen and oxygen atoms in total. The summed E-state index contributed by atoms with van der Waals surface area (Å²) >= 11 is 13.5. The number of hydrogen-bond acceptors (Lipinski definition) is 3. The van der Waals surface area contributed by atoms with Gasteiger partial charge in [0.15, 0.2) is 0 Å². The van der Waals surface area contributed by atoms with Gasteiger partial charge in [0.2, 0.25) is 5.91 Å². The van der Waals surface area contributed by atoms with E-state index in [1.165, 1.54) is 11.3 Å². The summed E-state index contributed by atoms with van der Waals surface area (Å²) in [5.41, 5.74) is 1.63. The van der Waals surface area contributed by atoms with E-state index in [1.54, 1.807) is 6.07 Å². The van der Waals surface area contributed by atoms with Crippen molar-refractivity contribution in [2.24, 2.45) is 0 Å². The molecule has 0 atom stereocenters. The Bertz CT molecular complexity index is 642. The average Bonchev–Trinajstić information content (AvgIpc) is 2.80. The molecule has 0 bridgehead atoms. The van der Waals surface area contributed by atoms with Gasteiger partial charge in [-0.05, 0) is 43.8 Å². The zero-order valence-corrected chi connectivity index (χ0v) is 14.1. The number of anilines is 1. The standard InChI is InChI=1S/C15H16Cl2N2OS/c1-10-12(16)4-3-5-13(10)18-15(20)9-19(2)8-11-6-7-14(17)21-11/h3-7H,8-9H2,1-2H3,(H,18,20). The van der Waals surface area contributed by atoms with Gasteiger partial charge in [0.1, 0.15) is 0 Å². The SMILES string of the molecule is Cc1c(Cl)cccc1NC(=O)CN(C)Cc1ccc(Cl)s1. The van der Waals surface area contributed by atoms with Crippen molar-refractivity contribution in [3.8, 4) is 0 Å². The van der Waals surface area contributed by atoms with E-state index in [1.807, 2.05) is 43.1 Å². The summed E-state index contributed by atoms with van der Waals surface area (Å²) in [7, 11) is 1.90. The first-order valence-electron chi connectivity index (χ1n) is 6.43. The van der Waals surface area contributed by atoms with Crippen LogP contribution in [0.4, 0.5) is 5.69 Å². The van der Waals surface area contributed by atoms with Gasteiger partial charge in [-0.25, -0.2) is 0 Å². The highest BCUT2D eigenvalue weighted by atomic mass is 35.5. The molecule has 2 rings (SSSR count). The first-order chi connectivity index (χ1) is 9.95. The van der Waals surface area contributed by atoms with Crippen LogP contribution in [0.2, 0.25) is 9.36 Å². The van der Waals surface area contributed by atoms with E-state index in [0.29, 0.717) is 18.1 Å². The lowest BCUT2D eigenvalue weighted by Crippen LogP contribution is -2.29. The minimum atomic E-state index is -0.0643. The lowest BCUT2D eigenvalue weighted by Gasteiger charge is -2.16. The molecule has 1 N–H and O–H groups in total. The predicted molar refractivity (Wildman–Crippen MR) is 90.5 cm³/mol. The summed E-state index contributed by atoms with van der Waals surface area (Å²) in [6.07, 6.45) is 0. The number of benzene rings is 1.